The van der Waals surface area contributed by atoms with Crippen LogP contribution in [0.2, 0.25) is 0 Å². The molecule has 1 saturated heterocycles. The summed E-state index contributed by atoms with van der Waals surface area (Å²) < 4.78 is 11.5. The number of rotatable bonds is 17. The third kappa shape index (κ3) is 9.93. The van der Waals surface area contributed by atoms with E-state index in [1.807, 2.05) is 13.8 Å². The molecule has 1 aliphatic heterocycles. The Morgan fingerprint density at radius 3 is 2.22 bits per heavy atom. The number of amides is 4. The highest BCUT2D eigenvalue weighted by atomic mass is 16.5. The first-order chi connectivity index (χ1) is 19.2. The van der Waals surface area contributed by atoms with Crippen LogP contribution in [0.5, 0.6) is 0 Å². The second kappa shape index (κ2) is 16.6. The van der Waals surface area contributed by atoms with Gasteiger partial charge < -0.3 is 40.3 Å². The molecule has 4 amide bonds. The van der Waals surface area contributed by atoms with Crippen LogP contribution in [0.15, 0.2) is 0 Å². The van der Waals surface area contributed by atoms with Crippen molar-refractivity contribution in [1.29, 1.82) is 0 Å². The number of nitrogens with one attached hydrogen (secondary N) is 3. The van der Waals surface area contributed by atoms with Crippen LogP contribution in [0.1, 0.15) is 60.3 Å². The number of carbonyl (C=O) groups excluding carboxylic acids is 4. The van der Waals surface area contributed by atoms with Crippen LogP contribution >= 0.6 is 0 Å². The fraction of sp³-hybridized carbons (Fsp3) is 0.821. The summed E-state index contributed by atoms with van der Waals surface area (Å²) in [6.45, 7) is 8.87. The van der Waals surface area contributed by atoms with Crippen LogP contribution in [0.3, 0.4) is 0 Å². The average molecular weight is 586 g/mol. The maximum atomic E-state index is 13.7. The molecule has 6 atom stereocenters. The molecule has 1 heterocycles. The molecule has 1 fully saturated rings. The molecule has 1 aliphatic rings. The fourth-order valence-electron chi connectivity index (χ4n) is 5.26. The lowest BCUT2D eigenvalue weighted by Crippen LogP contribution is -2.56. The number of ether oxygens (including phenoxy) is 2. The maximum Gasteiger partial charge on any atom is 0.322 e. The molecule has 0 aromatic carbocycles. The summed E-state index contributed by atoms with van der Waals surface area (Å²) in [5.74, 6) is -3.09. The average Bonchev–Trinajstić information content (AvgIpc) is 3.43. The lowest BCUT2D eigenvalue weighted by Gasteiger charge is -2.39. The highest BCUT2D eigenvalue weighted by Gasteiger charge is 2.42. The van der Waals surface area contributed by atoms with E-state index in [2.05, 4.69) is 16.0 Å². The number of likely N-dealkylation sites (tertiary alicyclic amines) is 1. The largest absolute Gasteiger partial charge is 0.480 e. The lowest BCUT2D eigenvalue weighted by molar-refractivity contribution is -0.146. The van der Waals surface area contributed by atoms with E-state index < -0.39 is 48.1 Å². The van der Waals surface area contributed by atoms with Crippen molar-refractivity contribution >= 4 is 29.6 Å². The minimum atomic E-state index is -1.15. The van der Waals surface area contributed by atoms with Gasteiger partial charge in [0.15, 0.2) is 0 Å². The number of carboxylic acid groups (broad SMARTS) is 1. The normalized spacial score (nSPS) is 19.0. The monoisotopic (exact) mass is 585 g/mol. The Kier molecular flexibility index (Phi) is 14.7. The number of methoxy groups -OCH3 is 2. The van der Waals surface area contributed by atoms with Crippen LogP contribution in [0, 0.1) is 11.8 Å². The van der Waals surface area contributed by atoms with Gasteiger partial charge in [-0.25, -0.2) is 0 Å². The predicted octanol–water partition coefficient (Wildman–Crippen LogP) is 0.222. The molecule has 13 nitrogen and oxygen atoms in total. The highest BCUT2D eigenvalue weighted by molar-refractivity contribution is 5.89. The molecule has 3 unspecified atom stereocenters. The zero-order chi connectivity index (χ0) is 31.5. The summed E-state index contributed by atoms with van der Waals surface area (Å²) in [5, 5.41) is 16.9. The Balaban J connectivity index is 3.05. The molecule has 0 aliphatic carbocycles. The molecule has 0 bridgehead atoms. The third-order valence-electron chi connectivity index (χ3n) is 8.31. The van der Waals surface area contributed by atoms with E-state index >= 15 is 0 Å². The first-order valence-corrected chi connectivity index (χ1v) is 14.2. The Hall–Kier alpha value is -2.77. The van der Waals surface area contributed by atoms with Crippen molar-refractivity contribution in [3.05, 3.63) is 0 Å². The second-order valence-electron chi connectivity index (χ2n) is 11.3. The quantitative estimate of drug-likeness (QED) is 0.187. The Morgan fingerprint density at radius 2 is 1.71 bits per heavy atom. The van der Waals surface area contributed by atoms with E-state index in [0.29, 0.717) is 13.0 Å². The van der Waals surface area contributed by atoms with E-state index in [1.165, 1.54) is 14.2 Å². The van der Waals surface area contributed by atoms with Gasteiger partial charge in [-0.05, 0) is 39.7 Å². The van der Waals surface area contributed by atoms with Crippen molar-refractivity contribution < 1.29 is 38.6 Å². The summed E-state index contributed by atoms with van der Waals surface area (Å²) in [4.78, 5) is 66.0. The second-order valence-corrected chi connectivity index (χ2v) is 11.3. The number of aliphatic carboxylic acids is 1. The summed E-state index contributed by atoms with van der Waals surface area (Å²) in [5.41, 5.74) is -0.836. The van der Waals surface area contributed by atoms with Crippen LogP contribution in [-0.4, -0.2) is 122 Å². The molecular formula is C28H51N5O8. The molecular weight excluding hydrogens is 534 g/mol. The zero-order valence-corrected chi connectivity index (χ0v) is 26.1. The number of hydrogen-bond donors (Lipinski definition) is 4. The minimum absolute atomic E-state index is 0.00873. The molecule has 41 heavy (non-hydrogen) atoms. The molecule has 236 valence electrons. The summed E-state index contributed by atoms with van der Waals surface area (Å²) >= 11 is 0. The molecule has 0 radical (unpaired) electrons. The smallest absolute Gasteiger partial charge is 0.322 e. The van der Waals surface area contributed by atoms with E-state index in [1.54, 1.807) is 44.7 Å². The van der Waals surface area contributed by atoms with Gasteiger partial charge in [0.1, 0.15) is 6.54 Å². The molecule has 1 rings (SSSR count). The van der Waals surface area contributed by atoms with Gasteiger partial charge in [-0.3, -0.25) is 24.0 Å². The van der Waals surface area contributed by atoms with Crippen molar-refractivity contribution in [2.45, 2.75) is 90.1 Å². The summed E-state index contributed by atoms with van der Waals surface area (Å²) in [6.07, 6.45) is 0.859. The van der Waals surface area contributed by atoms with Gasteiger partial charge in [0.25, 0.3) is 0 Å². The van der Waals surface area contributed by atoms with E-state index in [-0.39, 0.29) is 42.6 Å². The van der Waals surface area contributed by atoms with Gasteiger partial charge in [-0.1, -0.05) is 27.2 Å². The maximum absolute atomic E-state index is 13.7. The topological polar surface area (TPSA) is 167 Å². The first kappa shape index (κ1) is 36.3. The van der Waals surface area contributed by atoms with Gasteiger partial charge in [0, 0.05) is 27.8 Å². The minimum Gasteiger partial charge on any atom is -0.480 e. The van der Waals surface area contributed by atoms with Crippen molar-refractivity contribution in [2.75, 3.05) is 47.9 Å². The predicted molar refractivity (Wildman–Crippen MR) is 153 cm³/mol. The first-order valence-electron chi connectivity index (χ1n) is 14.2. The zero-order valence-electron chi connectivity index (χ0n) is 26.1. The highest BCUT2D eigenvalue weighted by Crippen LogP contribution is 2.29. The van der Waals surface area contributed by atoms with Crippen LogP contribution < -0.4 is 16.0 Å². The Morgan fingerprint density at radius 1 is 1.07 bits per heavy atom. The van der Waals surface area contributed by atoms with Gasteiger partial charge in [-0.15, -0.1) is 0 Å². The van der Waals surface area contributed by atoms with E-state index in [4.69, 9.17) is 14.6 Å². The molecule has 0 aromatic rings. The third-order valence-corrected chi connectivity index (χ3v) is 8.31. The molecule has 0 saturated carbocycles. The van der Waals surface area contributed by atoms with Gasteiger partial charge in [0.05, 0.1) is 48.7 Å². The number of likely N-dealkylation sites (N-methyl/N-ethyl adjacent to an activating group) is 2. The molecule has 0 aromatic heterocycles. The fourth-order valence-corrected chi connectivity index (χ4v) is 5.26. The van der Waals surface area contributed by atoms with Crippen molar-refractivity contribution in [3.63, 3.8) is 0 Å². The number of carboxylic acids is 1. The summed E-state index contributed by atoms with van der Waals surface area (Å²) in [6, 6.07) is -0.807. The lowest BCUT2D eigenvalue weighted by atomic mass is 9.90. The standard InChI is InChI=1S/C28H51N5O8/c1-10-17(2)24(32(7)22(35)15-31-27(39)28(4,5)29-6)20(40-8)14-21(34)33-13-11-12-19(33)25(41-9)18(3)26(38)30-16-23(36)37/h17-20,24-25,29H,10-16H2,1-9H3,(H,30,38)(H,31,39)(H,36,37)/t17-,18+,19?,20?,24-,25?/m0/s1. The Labute approximate surface area is 244 Å². The molecule has 13 heteroatoms. The number of nitrogens with zero attached hydrogens (tertiary/aromatic N) is 2. The van der Waals surface area contributed by atoms with Crippen molar-refractivity contribution in [2.24, 2.45) is 11.8 Å². The van der Waals surface area contributed by atoms with Gasteiger partial charge in [-0.2, -0.15) is 0 Å². The number of hydrogen-bond acceptors (Lipinski definition) is 8. The van der Waals surface area contributed by atoms with Crippen molar-refractivity contribution in [3.8, 4) is 0 Å². The number of carbonyl (C=O) groups is 5. The van der Waals surface area contributed by atoms with E-state index in [9.17, 15) is 24.0 Å². The molecule has 0 spiro atoms. The van der Waals surface area contributed by atoms with Gasteiger partial charge >= 0.3 is 5.97 Å². The van der Waals surface area contributed by atoms with Crippen LogP contribution in [0.4, 0.5) is 0 Å². The van der Waals surface area contributed by atoms with E-state index in [0.717, 1.165) is 12.8 Å². The van der Waals surface area contributed by atoms with Gasteiger partial charge in [0.2, 0.25) is 23.6 Å². The SMILES string of the molecule is CC[C@H](C)[C@@H](C(CC(=O)N1CCCC1C(OC)[C@@H](C)C(=O)NCC(=O)O)OC)N(C)C(=O)CNC(=O)C(C)(C)NC. The Bertz CT molecular complexity index is 914. The van der Waals surface area contributed by atoms with Crippen molar-refractivity contribution in [1.82, 2.24) is 25.8 Å². The summed E-state index contributed by atoms with van der Waals surface area (Å²) in [7, 11) is 6.31. The van der Waals surface area contributed by atoms with Crippen LogP contribution in [-0.2, 0) is 33.4 Å². The van der Waals surface area contributed by atoms with Crippen LogP contribution in [0.25, 0.3) is 0 Å². The molecule has 4 N–H and O–H groups in total.